The van der Waals surface area contributed by atoms with Gasteiger partial charge in [0.2, 0.25) is 5.79 Å². The average molecular weight is 465 g/mol. The van der Waals surface area contributed by atoms with Gasteiger partial charge in [-0.2, -0.15) is 0 Å². The molecule has 3 saturated heterocycles. The summed E-state index contributed by atoms with van der Waals surface area (Å²) in [4.78, 5) is 13.3. The van der Waals surface area contributed by atoms with Crippen molar-refractivity contribution < 1.29 is 23.4 Å². The molecule has 5 rings (SSSR count). The van der Waals surface area contributed by atoms with Gasteiger partial charge in [0.1, 0.15) is 11.4 Å². The molecule has 0 radical (unpaired) electrons. The number of ketones is 1. The number of rotatable bonds is 3. The number of fused-ring (bicyclic) bond motifs is 5. The monoisotopic (exact) mass is 464 g/mol. The van der Waals surface area contributed by atoms with E-state index in [0.29, 0.717) is 18.8 Å². The second kappa shape index (κ2) is 6.69. The molecule has 5 fully saturated rings. The number of hydrogen-bond donors (Lipinski definition) is 0. The van der Waals surface area contributed by atoms with Crippen molar-refractivity contribution in [1.82, 2.24) is 0 Å². The van der Waals surface area contributed by atoms with E-state index in [1.807, 2.05) is 0 Å². The lowest BCUT2D eigenvalue weighted by Gasteiger charge is -2.61. The van der Waals surface area contributed by atoms with Crippen LogP contribution in [0.15, 0.2) is 0 Å². The molecule has 6 heteroatoms. The number of ether oxygens (including phenoxy) is 3. The van der Waals surface area contributed by atoms with Crippen molar-refractivity contribution in [3.63, 3.8) is 0 Å². The van der Waals surface area contributed by atoms with Crippen molar-refractivity contribution in [3.8, 4) is 0 Å². The van der Waals surface area contributed by atoms with Crippen LogP contribution in [0, 0.1) is 28.6 Å². The number of Topliss-reactive ketones (excluding diaryl/α,β-unsaturated/α-hetero) is 1. The SMILES string of the molecule is CO[C@]12OC[C@H]3CC[C@H](O[Si](C)(C)C(C)(C)C)[C@@]4(C)C[C@H](O[C@]314)[C@H]1C(=O)CC[C@@H]2C1(C)C. The lowest BCUT2D eigenvalue weighted by molar-refractivity contribution is -0.340. The van der Waals surface area contributed by atoms with Crippen LogP contribution in [0.2, 0.25) is 18.1 Å². The number of carbonyl (C=O) groups excluding carboxylic acids is 1. The molecule has 8 atom stereocenters. The Labute approximate surface area is 195 Å². The van der Waals surface area contributed by atoms with Gasteiger partial charge in [0.05, 0.1) is 18.8 Å². The molecule has 182 valence electrons. The molecule has 0 aromatic carbocycles. The fourth-order valence-electron chi connectivity index (χ4n) is 8.52. The minimum absolute atomic E-state index is 0.0878. The first-order chi connectivity index (χ1) is 14.7. The van der Waals surface area contributed by atoms with E-state index in [2.05, 4.69) is 54.6 Å². The van der Waals surface area contributed by atoms with E-state index in [0.717, 1.165) is 25.7 Å². The van der Waals surface area contributed by atoms with Crippen molar-refractivity contribution in [2.45, 2.75) is 115 Å². The highest BCUT2D eigenvalue weighted by Crippen LogP contribution is 2.74. The fourth-order valence-corrected chi connectivity index (χ4v) is 9.96. The second-order valence-electron chi connectivity index (χ2n) is 13.7. The molecule has 0 N–H and O–H groups in total. The van der Waals surface area contributed by atoms with Gasteiger partial charge in [-0.3, -0.25) is 4.79 Å². The third-order valence-corrected chi connectivity index (χ3v) is 15.5. The molecule has 2 aliphatic carbocycles. The standard InChI is InChI=1S/C26H44O5Si/c1-22(2,3)32(8,9)31-20-13-10-16-15-29-26(28-7)19-12-11-17(27)21(23(19,4)5)18-14-24(20,6)25(16,26)30-18/h16,18-21H,10-15H2,1-9H3/t16-,18+,19-,20+,21-,24-,25+,26-/m1/s1. The van der Waals surface area contributed by atoms with Crippen molar-refractivity contribution in [1.29, 1.82) is 0 Å². The van der Waals surface area contributed by atoms with E-state index in [9.17, 15) is 4.79 Å². The summed E-state index contributed by atoms with van der Waals surface area (Å²) >= 11 is 0. The van der Waals surface area contributed by atoms with Gasteiger partial charge in [0.15, 0.2) is 8.32 Å². The smallest absolute Gasteiger partial charge is 0.201 e. The van der Waals surface area contributed by atoms with Gasteiger partial charge >= 0.3 is 0 Å². The minimum atomic E-state index is -1.99. The summed E-state index contributed by atoms with van der Waals surface area (Å²) in [5.41, 5.74) is -1.03. The van der Waals surface area contributed by atoms with Crippen LogP contribution in [0.25, 0.3) is 0 Å². The van der Waals surface area contributed by atoms with E-state index < -0.39 is 19.7 Å². The molecule has 0 unspecified atom stereocenters. The molecule has 32 heavy (non-hydrogen) atoms. The van der Waals surface area contributed by atoms with E-state index in [4.69, 9.17) is 18.6 Å². The molecular weight excluding hydrogens is 420 g/mol. The van der Waals surface area contributed by atoms with Crippen LogP contribution in [0.1, 0.15) is 73.6 Å². The Morgan fingerprint density at radius 3 is 2.41 bits per heavy atom. The molecule has 5 aliphatic rings. The topological polar surface area (TPSA) is 54.0 Å². The zero-order valence-corrected chi connectivity index (χ0v) is 22.7. The first-order valence-electron chi connectivity index (χ1n) is 12.8. The van der Waals surface area contributed by atoms with Crippen molar-refractivity contribution in [2.75, 3.05) is 13.7 Å². The number of carbonyl (C=O) groups is 1. The van der Waals surface area contributed by atoms with Crippen LogP contribution in [0.4, 0.5) is 0 Å². The van der Waals surface area contributed by atoms with Crippen LogP contribution in [0.5, 0.6) is 0 Å². The maximum Gasteiger partial charge on any atom is 0.201 e. The quantitative estimate of drug-likeness (QED) is 0.529. The third-order valence-electron chi connectivity index (χ3n) is 11.0. The minimum Gasteiger partial charge on any atom is -0.413 e. The summed E-state index contributed by atoms with van der Waals surface area (Å²) in [6.45, 7) is 19.2. The highest BCUT2D eigenvalue weighted by Gasteiger charge is 2.84. The summed E-state index contributed by atoms with van der Waals surface area (Å²) in [7, 11) is -0.187. The molecule has 0 aromatic heterocycles. The van der Waals surface area contributed by atoms with Crippen LogP contribution in [0.3, 0.4) is 0 Å². The molecule has 4 bridgehead atoms. The Morgan fingerprint density at radius 2 is 1.78 bits per heavy atom. The van der Waals surface area contributed by atoms with Crippen LogP contribution < -0.4 is 0 Å². The molecule has 2 saturated carbocycles. The Hall–Kier alpha value is -0.273. The molecule has 1 spiro atoms. The number of hydrogen-bond acceptors (Lipinski definition) is 5. The molecule has 5 nitrogen and oxygen atoms in total. The summed E-state index contributed by atoms with van der Waals surface area (Å²) in [5, 5.41) is 0.141. The maximum atomic E-state index is 13.3. The van der Waals surface area contributed by atoms with Crippen LogP contribution in [-0.2, 0) is 23.4 Å². The highest BCUT2D eigenvalue weighted by molar-refractivity contribution is 6.74. The predicted molar refractivity (Wildman–Crippen MR) is 126 cm³/mol. The zero-order valence-electron chi connectivity index (χ0n) is 21.7. The van der Waals surface area contributed by atoms with Crippen molar-refractivity contribution >= 4 is 14.1 Å². The van der Waals surface area contributed by atoms with Gasteiger partial charge in [0, 0.05) is 36.7 Å². The van der Waals surface area contributed by atoms with Crippen LogP contribution in [-0.4, -0.2) is 51.4 Å². The van der Waals surface area contributed by atoms with E-state index >= 15 is 0 Å². The first kappa shape index (κ1) is 23.5. The van der Waals surface area contributed by atoms with E-state index in [1.54, 1.807) is 7.11 Å². The third kappa shape index (κ3) is 2.52. The van der Waals surface area contributed by atoms with Gasteiger partial charge in [-0.05, 0) is 49.2 Å². The van der Waals surface area contributed by atoms with Gasteiger partial charge in [0.25, 0.3) is 0 Å². The Bertz CT molecular complexity index is 818. The molecular formula is C26H44O5Si. The normalized spacial score (nSPS) is 49.7. The predicted octanol–water partition coefficient (Wildman–Crippen LogP) is 5.33. The molecule has 0 aromatic rings. The lowest BCUT2D eigenvalue weighted by Crippen LogP contribution is -2.72. The molecule has 0 amide bonds. The van der Waals surface area contributed by atoms with E-state index in [-0.39, 0.29) is 45.8 Å². The first-order valence-corrected chi connectivity index (χ1v) is 15.7. The van der Waals surface area contributed by atoms with Crippen molar-refractivity contribution in [3.05, 3.63) is 0 Å². The Morgan fingerprint density at radius 1 is 1.09 bits per heavy atom. The highest BCUT2D eigenvalue weighted by atomic mass is 28.4. The second-order valence-corrected chi connectivity index (χ2v) is 18.5. The van der Waals surface area contributed by atoms with Crippen LogP contribution >= 0.6 is 0 Å². The average Bonchev–Trinajstić information content (AvgIpc) is 3.14. The molecule has 3 aliphatic heterocycles. The summed E-state index contributed by atoms with van der Waals surface area (Å²) in [6, 6.07) is 0. The lowest BCUT2D eigenvalue weighted by atomic mass is 9.47. The van der Waals surface area contributed by atoms with E-state index in [1.165, 1.54) is 0 Å². The fraction of sp³-hybridized carbons (Fsp3) is 0.962. The van der Waals surface area contributed by atoms with Gasteiger partial charge in [-0.1, -0.05) is 41.5 Å². The number of methoxy groups -OCH3 is 1. The summed E-state index contributed by atoms with van der Waals surface area (Å²) < 4.78 is 27.7. The zero-order chi connectivity index (χ0) is 23.5. The van der Waals surface area contributed by atoms with Gasteiger partial charge in [-0.15, -0.1) is 0 Å². The summed E-state index contributed by atoms with van der Waals surface area (Å²) in [6.07, 6.45) is 4.33. The maximum absolute atomic E-state index is 13.3. The molecule has 3 heterocycles. The van der Waals surface area contributed by atoms with Crippen molar-refractivity contribution in [2.24, 2.45) is 28.6 Å². The largest absolute Gasteiger partial charge is 0.413 e. The Balaban J connectivity index is 1.68. The summed E-state index contributed by atoms with van der Waals surface area (Å²) in [5.74, 6) is -0.158. The van der Waals surface area contributed by atoms with Gasteiger partial charge < -0.3 is 18.6 Å². The van der Waals surface area contributed by atoms with Gasteiger partial charge in [-0.25, -0.2) is 0 Å². The Kier molecular flexibility index (Phi) is 4.90.